The molecule has 4 heteroatoms. The number of hydrogen-bond donors (Lipinski definition) is 0. The van der Waals surface area contributed by atoms with Crippen molar-refractivity contribution in [2.24, 2.45) is 0 Å². The first kappa shape index (κ1) is 12.2. The molecule has 0 aromatic carbocycles. The third-order valence-electron chi connectivity index (χ3n) is 2.31. The Labute approximate surface area is 95.1 Å². The summed E-state index contributed by atoms with van der Waals surface area (Å²) in [6, 6.07) is 0.417. The van der Waals surface area contributed by atoms with Crippen molar-refractivity contribution in [1.29, 1.82) is 0 Å². The molecule has 1 aromatic heterocycles. The van der Waals surface area contributed by atoms with Gasteiger partial charge < -0.3 is 4.90 Å². The van der Waals surface area contributed by atoms with Crippen molar-refractivity contribution in [2.75, 3.05) is 11.4 Å². The van der Waals surface area contributed by atoms with Crippen molar-refractivity contribution in [3.63, 3.8) is 0 Å². The zero-order valence-corrected chi connectivity index (χ0v) is 10.8. The third kappa shape index (κ3) is 2.56. The van der Waals surface area contributed by atoms with Crippen molar-refractivity contribution >= 4 is 22.3 Å². The molecule has 0 unspecified atom stereocenters. The number of aryl methyl sites for hydroxylation is 1. The number of carbonyl (C=O) groups is 1. The van der Waals surface area contributed by atoms with Crippen LogP contribution >= 0.6 is 11.3 Å². The van der Waals surface area contributed by atoms with Crippen LogP contribution in [0, 0.1) is 6.92 Å². The molecule has 0 radical (unpaired) electrons. The second kappa shape index (κ2) is 4.75. The summed E-state index contributed by atoms with van der Waals surface area (Å²) < 4.78 is 0. The number of aromatic nitrogens is 1. The minimum absolute atomic E-state index is 0.107. The summed E-state index contributed by atoms with van der Waals surface area (Å²) in [5.41, 5.74) is 0.849. The monoisotopic (exact) mass is 226 g/mol. The van der Waals surface area contributed by atoms with Crippen LogP contribution in [0.2, 0.25) is 0 Å². The maximum Gasteiger partial charge on any atom is 0.186 e. The van der Waals surface area contributed by atoms with Gasteiger partial charge in [0.05, 0.1) is 10.6 Å². The molecule has 0 atom stereocenters. The van der Waals surface area contributed by atoms with Gasteiger partial charge in [-0.3, -0.25) is 4.79 Å². The normalized spacial score (nSPS) is 10.8. The molecule has 0 spiro atoms. The van der Waals surface area contributed by atoms with E-state index in [0.717, 1.165) is 22.2 Å². The highest BCUT2D eigenvalue weighted by atomic mass is 32.1. The summed E-state index contributed by atoms with van der Waals surface area (Å²) >= 11 is 1.49. The van der Waals surface area contributed by atoms with E-state index in [4.69, 9.17) is 0 Å². The van der Waals surface area contributed by atoms with E-state index < -0.39 is 0 Å². The first-order chi connectivity index (χ1) is 6.97. The topological polar surface area (TPSA) is 33.2 Å². The van der Waals surface area contributed by atoms with Gasteiger partial charge in [-0.05, 0) is 27.7 Å². The van der Waals surface area contributed by atoms with E-state index >= 15 is 0 Å². The summed E-state index contributed by atoms with van der Waals surface area (Å²) in [4.78, 5) is 18.7. The molecule has 0 amide bonds. The molecule has 0 N–H and O–H groups in total. The number of anilines is 1. The van der Waals surface area contributed by atoms with E-state index in [-0.39, 0.29) is 5.78 Å². The van der Waals surface area contributed by atoms with Crippen LogP contribution in [0.5, 0.6) is 0 Å². The molecule has 0 fully saturated rings. The zero-order chi connectivity index (χ0) is 11.6. The molecule has 1 rings (SSSR count). The maximum atomic E-state index is 11.3. The largest absolute Gasteiger partial charge is 0.346 e. The van der Waals surface area contributed by atoms with Gasteiger partial charge in [-0.1, -0.05) is 11.3 Å². The molecule has 3 nitrogen and oxygen atoms in total. The third-order valence-corrected chi connectivity index (χ3v) is 3.61. The summed E-state index contributed by atoms with van der Waals surface area (Å²) in [7, 11) is 0. The molecule has 0 aliphatic rings. The van der Waals surface area contributed by atoms with E-state index in [9.17, 15) is 4.79 Å². The Balaban J connectivity index is 3.05. The molecule has 84 valence electrons. The fourth-order valence-corrected chi connectivity index (χ4v) is 2.71. The SMILES string of the molecule is CCN(c1nc(C)c(C(C)=O)s1)C(C)C. The van der Waals surface area contributed by atoms with E-state index in [0.29, 0.717) is 6.04 Å². The lowest BCUT2D eigenvalue weighted by molar-refractivity contribution is 0.102. The van der Waals surface area contributed by atoms with Gasteiger partial charge in [0, 0.05) is 19.5 Å². The van der Waals surface area contributed by atoms with Crippen molar-refractivity contribution in [2.45, 2.75) is 40.7 Å². The predicted octanol–water partition coefficient (Wildman–Crippen LogP) is 2.89. The van der Waals surface area contributed by atoms with Crippen LogP contribution in [0.3, 0.4) is 0 Å². The van der Waals surface area contributed by atoms with Gasteiger partial charge in [0.15, 0.2) is 10.9 Å². The minimum Gasteiger partial charge on any atom is -0.346 e. The van der Waals surface area contributed by atoms with E-state index in [1.54, 1.807) is 6.92 Å². The van der Waals surface area contributed by atoms with Crippen LogP contribution in [-0.4, -0.2) is 23.4 Å². The number of carbonyl (C=O) groups excluding carboxylic acids is 1. The summed E-state index contributed by atoms with van der Waals surface area (Å²) in [5, 5.41) is 0.954. The van der Waals surface area contributed by atoms with E-state index in [1.165, 1.54) is 11.3 Å². The average Bonchev–Trinajstić information content (AvgIpc) is 2.48. The highest BCUT2D eigenvalue weighted by Crippen LogP contribution is 2.27. The zero-order valence-electron chi connectivity index (χ0n) is 10.00. The van der Waals surface area contributed by atoms with Crippen LogP contribution in [0.1, 0.15) is 43.1 Å². The van der Waals surface area contributed by atoms with Crippen LogP contribution < -0.4 is 4.90 Å². The molecular formula is C11H18N2OS. The van der Waals surface area contributed by atoms with Gasteiger partial charge >= 0.3 is 0 Å². The van der Waals surface area contributed by atoms with Gasteiger partial charge in [0.2, 0.25) is 0 Å². The number of hydrogen-bond acceptors (Lipinski definition) is 4. The molecule has 1 aromatic rings. The number of ketones is 1. The smallest absolute Gasteiger partial charge is 0.186 e. The number of Topliss-reactive ketones (excluding diaryl/α,β-unsaturated/α-hetero) is 1. The fourth-order valence-electron chi connectivity index (χ4n) is 1.55. The Morgan fingerprint density at radius 3 is 2.47 bits per heavy atom. The van der Waals surface area contributed by atoms with Gasteiger partial charge in [0.25, 0.3) is 0 Å². The molecule has 0 aliphatic carbocycles. The lowest BCUT2D eigenvalue weighted by Crippen LogP contribution is -2.30. The number of nitrogens with zero attached hydrogens (tertiary/aromatic N) is 2. The van der Waals surface area contributed by atoms with Crippen molar-refractivity contribution in [3.05, 3.63) is 10.6 Å². The summed E-state index contributed by atoms with van der Waals surface area (Å²) in [6.07, 6.45) is 0. The van der Waals surface area contributed by atoms with Crippen molar-refractivity contribution in [1.82, 2.24) is 4.98 Å². The predicted molar refractivity (Wildman–Crippen MR) is 65.0 cm³/mol. The lowest BCUT2D eigenvalue weighted by Gasteiger charge is -2.23. The van der Waals surface area contributed by atoms with Crippen LogP contribution in [-0.2, 0) is 0 Å². The quantitative estimate of drug-likeness (QED) is 0.740. The summed E-state index contributed by atoms with van der Waals surface area (Å²) in [5.74, 6) is 0.107. The fraction of sp³-hybridized carbons (Fsp3) is 0.636. The molecule has 0 bridgehead atoms. The lowest BCUT2D eigenvalue weighted by atomic mass is 10.3. The van der Waals surface area contributed by atoms with E-state index in [1.807, 2.05) is 6.92 Å². The minimum atomic E-state index is 0.107. The molecule has 15 heavy (non-hydrogen) atoms. The Bertz CT molecular complexity index is 357. The number of thiazole rings is 1. The summed E-state index contributed by atoms with van der Waals surface area (Å²) in [6.45, 7) is 10.8. The van der Waals surface area contributed by atoms with Gasteiger partial charge in [-0.25, -0.2) is 4.98 Å². The first-order valence-electron chi connectivity index (χ1n) is 5.22. The van der Waals surface area contributed by atoms with E-state index in [2.05, 4.69) is 30.7 Å². The van der Waals surface area contributed by atoms with Gasteiger partial charge in [-0.2, -0.15) is 0 Å². The van der Waals surface area contributed by atoms with Crippen molar-refractivity contribution in [3.8, 4) is 0 Å². The standard InChI is InChI=1S/C11H18N2OS/c1-6-13(7(2)3)11-12-8(4)10(15-11)9(5)14/h7H,6H2,1-5H3. The molecular weight excluding hydrogens is 208 g/mol. The molecule has 0 saturated carbocycles. The molecule has 0 saturated heterocycles. The molecule has 1 heterocycles. The van der Waals surface area contributed by atoms with Gasteiger partial charge in [-0.15, -0.1) is 0 Å². The van der Waals surface area contributed by atoms with Crippen molar-refractivity contribution < 1.29 is 4.79 Å². The van der Waals surface area contributed by atoms with Crippen LogP contribution in [0.4, 0.5) is 5.13 Å². The maximum absolute atomic E-state index is 11.3. The first-order valence-corrected chi connectivity index (χ1v) is 6.04. The Kier molecular flexibility index (Phi) is 3.85. The second-order valence-electron chi connectivity index (χ2n) is 3.85. The second-order valence-corrected chi connectivity index (χ2v) is 4.82. The molecule has 0 aliphatic heterocycles. The average molecular weight is 226 g/mol. The Morgan fingerprint density at radius 1 is 1.53 bits per heavy atom. The van der Waals surface area contributed by atoms with Crippen LogP contribution in [0.15, 0.2) is 0 Å². The number of rotatable bonds is 4. The van der Waals surface area contributed by atoms with Gasteiger partial charge in [0.1, 0.15) is 0 Å². The Morgan fingerprint density at radius 2 is 2.13 bits per heavy atom. The Hall–Kier alpha value is -0.900. The van der Waals surface area contributed by atoms with Crippen LogP contribution in [0.25, 0.3) is 0 Å². The highest BCUT2D eigenvalue weighted by molar-refractivity contribution is 7.17. The highest BCUT2D eigenvalue weighted by Gasteiger charge is 2.17.